The molecule has 28 heavy (non-hydrogen) atoms. The maximum atomic E-state index is 12.1. The van der Waals surface area contributed by atoms with Crippen molar-refractivity contribution in [3.05, 3.63) is 78.8 Å². The quantitative estimate of drug-likeness (QED) is 0.346. The van der Waals surface area contributed by atoms with Crippen LogP contribution in [0.25, 0.3) is 5.57 Å². The first-order valence-corrected chi connectivity index (χ1v) is 8.34. The minimum Gasteiger partial charge on any atom is -0.503 e. The van der Waals surface area contributed by atoms with E-state index in [0.717, 1.165) is 0 Å². The first-order valence-electron chi connectivity index (χ1n) is 8.34. The molecule has 0 unspecified atom stereocenters. The Bertz CT molecular complexity index is 973. The van der Waals surface area contributed by atoms with Crippen LogP contribution in [-0.4, -0.2) is 30.2 Å². The Labute approximate surface area is 162 Å². The summed E-state index contributed by atoms with van der Waals surface area (Å²) in [5.74, 6) is 1.09. The third-order valence-corrected chi connectivity index (χ3v) is 3.62. The van der Waals surface area contributed by atoms with Crippen LogP contribution in [0, 0.1) is 0 Å². The monoisotopic (exact) mass is 378 g/mol. The molecule has 7 nitrogen and oxygen atoms in total. The second-order valence-electron chi connectivity index (χ2n) is 5.47. The van der Waals surface area contributed by atoms with Crippen molar-refractivity contribution in [3.8, 4) is 23.3 Å². The van der Waals surface area contributed by atoms with Gasteiger partial charge in [0.25, 0.3) is 0 Å². The van der Waals surface area contributed by atoms with Gasteiger partial charge < -0.3 is 18.9 Å². The van der Waals surface area contributed by atoms with Gasteiger partial charge in [-0.3, -0.25) is 0 Å². The predicted octanol–water partition coefficient (Wildman–Crippen LogP) is 4.22. The molecule has 1 aromatic heterocycles. The second-order valence-corrected chi connectivity index (χ2v) is 5.47. The molecule has 0 aliphatic heterocycles. The van der Waals surface area contributed by atoms with Gasteiger partial charge in [-0.05, 0) is 18.2 Å². The van der Waals surface area contributed by atoms with E-state index in [-0.39, 0.29) is 11.5 Å². The summed E-state index contributed by atoms with van der Waals surface area (Å²) in [6.07, 6.45) is 2.64. The summed E-state index contributed by atoms with van der Waals surface area (Å²) in [5, 5.41) is 0. The predicted molar refractivity (Wildman–Crippen MR) is 102 cm³/mol. The number of nitrogens with zero attached hydrogens (tertiary/aromatic N) is 2. The highest BCUT2D eigenvalue weighted by Crippen LogP contribution is 2.31. The highest BCUT2D eigenvalue weighted by Gasteiger charge is 2.18. The summed E-state index contributed by atoms with van der Waals surface area (Å²) >= 11 is 0. The SMILES string of the molecule is CO/C=C(/C(=O)OC)c1ccccc1Oc1cc(Oc2ccccc2)ncn1. The molecule has 0 saturated heterocycles. The lowest BCUT2D eigenvalue weighted by molar-refractivity contribution is -0.133. The van der Waals surface area contributed by atoms with Gasteiger partial charge in [-0.2, -0.15) is 0 Å². The molecule has 0 bridgehead atoms. The summed E-state index contributed by atoms with van der Waals surface area (Å²) < 4.78 is 21.4. The Morgan fingerprint density at radius 2 is 1.57 bits per heavy atom. The maximum absolute atomic E-state index is 12.1. The van der Waals surface area contributed by atoms with Gasteiger partial charge in [-0.1, -0.05) is 36.4 Å². The van der Waals surface area contributed by atoms with E-state index < -0.39 is 5.97 Å². The molecule has 3 rings (SSSR count). The van der Waals surface area contributed by atoms with E-state index in [9.17, 15) is 4.79 Å². The van der Waals surface area contributed by atoms with Crippen LogP contribution < -0.4 is 9.47 Å². The van der Waals surface area contributed by atoms with Crippen molar-refractivity contribution in [2.75, 3.05) is 14.2 Å². The lowest BCUT2D eigenvalue weighted by Gasteiger charge is -2.12. The number of hydrogen-bond acceptors (Lipinski definition) is 7. The summed E-state index contributed by atoms with van der Waals surface area (Å²) in [4.78, 5) is 20.3. The zero-order valence-corrected chi connectivity index (χ0v) is 15.4. The van der Waals surface area contributed by atoms with Gasteiger partial charge in [0.15, 0.2) is 0 Å². The van der Waals surface area contributed by atoms with Crippen molar-refractivity contribution >= 4 is 11.5 Å². The molecule has 2 aromatic carbocycles. The van der Waals surface area contributed by atoms with Crippen molar-refractivity contribution in [1.82, 2.24) is 9.97 Å². The Morgan fingerprint density at radius 1 is 0.893 bits per heavy atom. The Hall–Kier alpha value is -3.87. The molecule has 0 radical (unpaired) electrons. The topological polar surface area (TPSA) is 79.8 Å². The molecule has 1 heterocycles. The van der Waals surface area contributed by atoms with Crippen LogP contribution in [0.1, 0.15) is 5.56 Å². The molecular weight excluding hydrogens is 360 g/mol. The number of carbonyl (C=O) groups excluding carboxylic acids is 1. The summed E-state index contributed by atoms with van der Waals surface area (Å²) in [6.45, 7) is 0. The fraction of sp³-hybridized carbons (Fsp3) is 0.0952. The van der Waals surface area contributed by atoms with Crippen molar-refractivity contribution in [2.24, 2.45) is 0 Å². The number of ether oxygens (including phenoxy) is 4. The van der Waals surface area contributed by atoms with E-state index in [1.807, 2.05) is 30.3 Å². The summed E-state index contributed by atoms with van der Waals surface area (Å²) in [7, 11) is 2.75. The van der Waals surface area contributed by atoms with Crippen LogP contribution >= 0.6 is 0 Å². The number of benzene rings is 2. The van der Waals surface area contributed by atoms with Crippen LogP contribution in [0.4, 0.5) is 0 Å². The van der Waals surface area contributed by atoms with Gasteiger partial charge >= 0.3 is 5.97 Å². The Kier molecular flexibility index (Phi) is 6.20. The lowest BCUT2D eigenvalue weighted by atomic mass is 10.1. The van der Waals surface area contributed by atoms with Gasteiger partial charge in [0.1, 0.15) is 23.4 Å². The minimum atomic E-state index is -0.548. The van der Waals surface area contributed by atoms with Crippen molar-refractivity contribution in [2.45, 2.75) is 0 Å². The number of esters is 1. The van der Waals surface area contributed by atoms with E-state index in [1.54, 1.807) is 30.3 Å². The van der Waals surface area contributed by atoms with Gasteiger partial charge in [-0.25, -0.2) is 14.8 Å². The number of methoxy groups -OCH3 is 2. The standard InChI is InChI=1S/C21H18N2O5/c1-25-13-17(21(24)26-2)16-10-6-7-11-18(16)28-20-12-19(22-14-23-20)27-15-8-4-3-5-9-15/h3-14H,1-2H3/b17-13+. The lowest BCUT2D eigenvalue weighted by Crippen LogP contribution is -2.06. The van der Waals surface area contributed by atoms with Gasteiger partial charge in [0.05, 0.1) is 26.5 Å². The van der Waals surface area contributed by atoms with Crippen molar-refractivity contribution in [3.63, 3.8) is 0 Å². The fourth-order valence-corrected chi connectivity index (χ4v) is 2.38. The molecule has 0 amide bonds. The Balaban J connectivity index is 1.87. The number of aromatic nitrogens is 2. The Morgan fingerprint density at radius 3 is 2.29 bits per heavy atom. The maximum Gasteiger partial charge on any atom is 0.341 e. The second kappa shape index (κ2) is 9.18. The molecule has 0 spiro atoms. The zero-order valence-electron chi connectivity index (χ0n) is 15.4. The highest BCUT2D eigenvalue weighted by atomic mass is 16.5. The molecule has 0 aliphatic rings. The van der Waals surface area contributed by atoms with Crippen LogP contribution in [0.5, 0.6) is 23.3 Å². The van der Waals surface area contributed by atoms with Gasteiger partial charge in [-0.15, -0.1) is 0 Å². The van der Waals surface area contributed by atoms with E-state index >= 15 is 0 Å². The largest absolute Gasteiger partial charge is 0.503 e. The third kappa shape index (κ3) is 4.64. The van der Waals surface area contributed by atoms with Crippen molar-refractivity contribution < 1.29 is 23.7 Å². The van der Waals surface area contributed by atoms with Crippen LogP contribution in [0.3, 0.4) is 0 Å². The highest BCUT2D eigenvalue weighted by molar-refractivity contribution is 6.17. The van der Waals surface area contributed by atoms with E-state index in [4.69, 9.17) is 18.9 Å². The first-order chi connectivity index (χ1) is 13.7. The molecule has 0 saturated carbocycles. The molecule has 0 aliphatic carbocycles. The fourth-order valence-electron chi connectivity index (χ4n) is 2.38. The third-order valence-electron chi connectivity index (χ3n) is 3.62. The van der Waals surface area contributed by atoms with Crippen LogP contribution in [-0.2, 0) is 14.3 Å². The molecule has 0 atom stereocenters. The van der Waals surface area contributed by atoms with E-state index in [2.05, 4.69) is 9.97 Å². The van der Waals surface area contributed by atoms with Gasteiger partial charge in [0, 0.05) is 5.56 Å². The molecule has 3 aromatic rings. The van der Waals surface area contributed by atoms with Crippen LogP contribution in [0.15, 0.2) is 73.3 Å². The van der Waals surface area contributed by atoms with Gasteiger partial charge in [0.2, 0.25) is 11.8 Å². The number of carbonyl (C=O) groups is 1. The first kappa shape index (κ1) is 18.9. The normalized spacial score (nSPS) is 10.9. The number of hydrogen-bond donors (Lipinski definition) is 0. The zero-order chi connectivity index (χ0) is 19.8. The molecule has 142 valence electrons. The molecule has 0 N–H and O–H groups in total. The summed E-state index contributed by atoms with van der Waals surface area (Å²) in [6, 6.07) is 17.8. The molecular formula is C21H18N2O5. The average molecular weight is 378 g/mol. The van der Waals surface area contributed by atoms with Crippen LogP contribution in [0.2, 0.25) is 0 Å². The smallest absolute Gasteiger partial charge is 0.341 e. The van der Waals surface area contributed by atoms with E-state index in [1.165, 1.54) is 26.8 Å². The summed E-state index contributed by atoms with van der Waals surface area (Å²) in [5.41, 5.74) is 0.718. The molecule has 7 heteroatoms. The minimum absolute atomic E-state index is 0.218. The number of rotatable bonds is 7. The van der Waals surface area contributed by atoms with Crippen molar-refractivity contribution in [1.29, 1.82) is 0 Å². The molecule has 0 fully saturated rings. The van der Waals surface area contributed by atoms with E-state index in [0.29, 0.717) is 22.9 Å². The average Bonchev–Trinajstić information content (AvgIpc) is 2.73. The number of para-hydroxylation sites is 2.